The molecule has 2 atom stereocenters. The number of aryl methyl sites for hydroxylation is 1. The smallest absolute Gasteiger partial charge is 0.290 e. The first-order chi connectivity index (χ1) is 8.70. The van der Waals surface area contributed by atoms with Crippen molar-refractivity contribution in [2.75, 3.05) is 6.61 Å². The van der Waals surface area contributed by atoms with E-state index in [0.717, 1.165) is 25.7 Å². The van der Waals surface area contributed by atoms with Crippen LogP contribution in [-0.2, 0) is 0 Å². The lowest BCUT2D eigenvalue weighted by molar-refractivity contribution is 0.0862. The number of aromatic nitrogens is 1. The van der Waals surface area contributed by atoms with E-state index in [1.165, 1.54) is 6.42 Å². The molecular formula is C13H20N2O3. The SMILES string of the molecule is Cc1cc(C(=O)NC2CCCCCC2CO)on1. The number of rotatable bonds is 3. The molecule has 1 aliphatic carbocycles. The summed E-state index contributed by atoms with van der Waals surface area (Å²) in [5, 5.41) is 16.0. The van der Waals surface area contributed by atoms with Crippen molar-refractivity contribution in [3.8, 4) is 0 Å². The zero-order valence-electron chi connectivity index (χ0n) is 10.7. The third-order valence-electron chi connectivity index (χ3n) is 3.56. The molecule has 1 aromatic heterocycles. The first kappa shape index (κ1) is 13.1. The minimum atomic E-state index is -0.235. The van der Waals surface area contributed by atoms with Gasteiger partial charge in [-0.25, -0.2) is 0 Å². The van der Waals surface area contributed by atoms with Gasteiger partial charge in [-0.05, 0) is 19.8 Å². The molecule has 1 fully saturated rings. The van der Waals surface area contributed by atoms with E-state index >= 15 is 0 Å². The molecular weight excluding hydrogens is 232 g/mol. The van der Waals surface area contributed by atoms with Gasteiger partial charge in [-0.2, -0.15) is 0 Å². The molecule has 1 saturated carbocycles. The fourth-order valence-corrected chi connectivity index (χ4v) is 2.50. The molecule has 100 valence electrons. The van der Waals surface area contributed by atoms with Crippen LogP contribution < -0.4 is 5.32 Å². The van der Waals surface area contributed by atoms with Crippen molar-refractivity contribution in [2.24, 2.45) is 5.92 Å². The Balaban J connectivity index is 1.99. The zero-order chi connectivity index (χ0) is 13.0. The third kappa shape index (κ3) is 3.10. The average Bonchev–Trinajstić information content (AvgIpc) is 2.67. The molecule has 0 aliphatic heterocycles. The van der Waals surface area contributed by atoms with Gasteiger partial charge in [0.1, 0.15) is 0 Å². The van der Waals surface area contributed by atoms with Gasteiger partial charge in [-0.1, -0.05) is 24.4 Å². The molecule has 0 spiro atoms. The minimum Gasteiger partial charge on any atom is -0.396 e. The van der Waals surface area contributed by atoms with E-state index in [1.807, 2.05) is 0 Å². The first-order valence-electron chi connectivity index (χ1n) is 6.55. The van der Waals surface area contributed by atoms with Gasteiger partial charge in [0.05, 0.1) is 5.69 Å². The summed E-state index contributed by atoms with van der Waals surface area (Å²) in [5.41, 5.74) is 0.694. The molecule has 18 heavy (non-hydrogen) atoms. The summed E-state index contributed by atoms with van der Waals surface area (Å²) in [6.07, 6.45) is 5.28. The van der Waals surface area contributed by atoms with Gasteiger partial charge in [0.15, 0.2) is 0 Å². The van der Waals surface area contributed by atoms with Crippen LogP contribution in [0.5, 0.6) is 0 Å². The standard InChI is InChI=1S/C13H20N2O3/c1-9-7-12(18-15-9)13(17)14-11-6-4-2-3-5-10(11)8-16/h7,10-11,16H,2-6,8H2,1H3,(H,14,17). The quantitative estimate of drug-likeness (QED) is 0.802. The van der Waals surface area contributed by atoms with Gasteiger partial charge in [-0.3, -0.25) is 4.79 Å². The fourth-order valence-electron chi connectivity index (χ4n) is 2.50. The van der Waals surface area contributed by atoms with E-state index in [0.29, 0.717) is 5.69 Å². The number of carbonyl (C=O) groups is 1. The minimum absolute atomic E-state index is 0.0374. The maximum atomic E-state index is 12.0. The van der Waals surface area contributed by atoms with Crippen molar-refractivity contribution in [2.45, 2.75) is 45.1 Å². The van der Waals surface area contributed by atoms with E-state index in [2.05, 4.69) is 10.5 Å². The number of hydrogen-bond donors (Lipinski definition) is 2. The molecule has 1 aromatic rings. The van der Waals surface area contributed by atoms with Gasteiger partial charge in [0.25, 0.3) is 5.91 Å². The van der Waals surface area contributed by atoms with E-state index in [4.69, 9.17) is 4.52 Å². The van der Waals surface area contributed by atoms with Gasteiger partial charge in [-0.15, -0.1) is 0 Å². The summed E-state index contributed by atoms with van der Waals surface area (Å²) in [4.78, 5) is 12.0. The molecule has 0 saturated heterocycles. The van der Waals surface area contributed by atoms with Crippen molar-refractivity contribution in [1.29, 1.82) is 0 Å². The monoisotopic (exact) mass is 252 g/mol. The molecule has 1 aliphatic rings. The Hall–Kier alpha value is -1.36. The van der Waals surface area contributed by atoms with Gasteiger partial charge < -0.3 is 14.9 Å². The summed E-state index contributed by atoms with van der Waals surface area (Å²) in [7, 11) is 0. The third-order valence-corrected chi connectivity index (χ3v) is 3.56. The molecule has 5 heteroatoms. The van der Waals surface area contributed by atoms with Crippen LogP contribution >= 0.6 is 0 Å². The molecule has 0 bridgehead atoms. The Labute approximate surface area is 107 Å². The number of hydrogen-bond acceptors (Lipinski definition) is 4. The molecule has 1 amide bonds. The van der Waals surface area contributed by atoms with Crippen molar-refractivity contribution in [1.82, 2.24) is 10.5 Å². The number of aliphatic hydroxyl groups excluding tert-OH is 1. The van der Waals surface area contributed by atoms with Crippen LogP contribution in [-0.4, -0.2) is 28.8 Å². The number of nitrogens with one attached hydrogen (secondary N) is 1. The topological polar surface area (TPSA) is 75.4 Å². The van der Waals surface area contributed by atoms with Gasteiger partial charge in [0, 0.05) is 24.6 Å². The zero-order valence-corrected chi connectivity index (χ0v) is 10.7. The summed E-state index contributed by atoms with van der Waals surface area (Å²) in [6.45, 7) is 1.91. The highest BCUT2D eigenvalue weighted by Crippen LogP contribution is 2.23. The van der Waals surface area contributed by atoms with Crippen molar-refractivity contribution in [3.63, 3.8) is 0 Å². The molecule has 0 radical (unpaired) electrons. The van der Waals surface area contributed by atoms with Gasteiger partial charge in [0.2, 0.25) is 5.76 Å². The Morgan fingerprint density at radius 1 is 1.50 bits per heavy atom. The van der Waals surface area contributed by atoms with E-state index in [1.54, 1.807) is 13.0 Å². The molecule has 5 nitrogen and oxygen atoms in total. The highest BCUT2D eigenvalue weighted by molar-refractivity contribution is 5.91. The fraction of sp³-hybridized carbons (Fsp3) is 0.692. The Morgan fingerprint density at radius 3 is 2.94 bits per heavy atom. The lowest BCUT2D eigenvalue weighted by Crippen LogP contribution is -2.41. The maximum Gasteiger partial charge on any atom is 0.290 e. The van der Waals surface area contributed by atoms with E-state index in [9.17, 15) is 9.90 Å². The highest BCUT2D eigenvalue weighted by atomic mass is 16.5. The number of carbonyl (C=O) groups excluding carboxylic acids is 1. The van der Waals surface area contributed by atoms with Crippen molar-refractivity contribution < 1.29 is 14.4 Å². The summed E-state index contributed by atoms with van der Waals surface area (Å²) >= 11 is 0. The van der Waals surface area contributed by atoms with Crippen LogP contribution in [0.2, 0.25) is 0 Å². The summed E-state index contributed by atoms with van der Waals surface area (Å²) in [5.74, 6) is 0.162. The lowest BCUT2D eigenvalue weighted by atomic mass is 9.95. The van der Waals surface area contributed by atoms with E-state index < -0.39 is 0 Å². The predicted octanol–water partition coefficient (Wildman–Crippen LogP) is 1.65. The first-order valence-corrected chi connectivity index (χ1v) is 6.55. The van der Waals surface area contributed by atoms with Crippen LogP contribution in [0.25, 0.3) is 0 Å². The second-order valence-corrected chi connectivity index (χ2v) is 4.99. The molecule has 0 aromatic carbocycles. The molecule has 2 unspecified atom stereocenters. The second kappa shape index (κ2) is 6.00. The summed E-state index contributed by atoms with van der Waals surface area (Å²) in [6, 6.07) is 1.66. The molecule has 2 N–H and O–H groups in total. The van der Waals surface area contributed by atoms with Crippen LogP contribution in [0.1, 0.15) is 48.4 Å². The van der Waals surface area contributed by atoms with Crippen LogP contribution in [0.4, 0.5) is 0 Å². The largest absolute Gasteiger partial charge is 0.396 e. The Bertz CT molecular complexity index is 403. The van der Waals surface area contributed by atoms with E-state index in [-0.39, 0.29) is 30.2 Å². The van der Waals surface area contributed by atoms with Crippen molar-refractivity contribution >= 4 is 5.91 Å². The number of nitrogens with zero attached hydrogens (tertiary/aromatic N) is 1. The Kier molecular flexibility index (Phi) is 4.36. The predicted molar refractivity (Wildman–Crippen MR) is 66.2 cm³/mol. The number of aliphatic hydroxyl groups is 1. The average molecular weight is 252 g/mol. The molecule has 1 heterocycles. The normalized spacial score (nSPS) is 24.6. The van der Waals surface area contributed by atoms with Crippen molar-refractivity contribution in [3.05, 3.63) is 17.5 Å². The Morgan fingerprint density at radius 2 is 2.28 bits per heavy atom. The van der Waals surface area contributed by atoms with Crippen LogP contribution in [0.3, 0.4) is 0 Å². The van der Waals surface area contributed by atoms with Crippen LogP contribution in [0.15, 0.2) is 10.6 Å². The maximum absolute atomic E-state index is 12.0. The lowest BCUT2D eigenvalue weighted by Gasteiger charge is -2.23. The number of amides is 1. The summed E-state index contributed by atoms with van der Waals surface area (Å²) < 4.78 is 4.94. The van der Waals surface area contributed by atoms with Gasteiger partial charge >= 0.3 is 0 Å². The van der Waals surface area contributed by atoms with Crippen LogP contribution in [0, 0.1) is 12.8 Å². The second-order valence-electron chi connectivity index (χ2n) is 4.99. The highest BCUT2D eigenvalue weighted by Gasteiger charge is 2.26. The molecule has 2 rings (SSSR count).